The number of carboxylic acids is 1. The summed E-state index contributed by atoms with van der Waals surface area (Å²) < 4.78 is 5.12. The summed E-state index contributed by atoms with van der Waals surface area (Å²) in [6, 6.07) is 5.06. The van der Waals surface area contributed by atoms with Crippen molar-refractivity contribution >= 4 is 16.9 Å². The molecule has 5 heteroatoms. The smallest absolute Gasteiger partial charge is 0.341 e. The number of aryl methyl sites for hydroxylation is 1. The average Bonchev–Trinajstić information content (AvgIpc) is 2.43. The minimum absolute atomic E-state index is 0.0163. The Hall–Kier alpha value is -2.30. The second-order valence-electron chi connectivity index (χ2n) is 5.86. The molecule has 1 fully saturated rings. The molecule has 0 aliphatic heterocycles. The second kappa shape index (κ2) is 5.83. The fourth-order valence-corrected chi connectivity index (χ4v) is 3.11. The van der Waals surface area contributed by atoms with Crippen molar-refractivity contribution < 1.29 is 14.6 Å². The number of hydrogen-bond donors (Lipinski definition) is 2. The van der Waals surface area contributed by atoms with Crippen LogP contribution < -0.4 is 10.3 Å². The van der Waals surface area contributed by atoms with Crippen LogP contribution in [-0.4, -0.2) is 23.2 Å². The van der Waals surface area contributed by atoms with E-state index in [9.17, 15) is 14.7 Å². The molecule has 116 valence electrons. The first kappa shape index (κ1) is 14.6. The number of ether oxygens (including phenoxy) is 1. The van der Waals surface area contributed by atoms with Crippen LogP contribution in [0.3, 0.4) is 0 Å². The Bertz CT molecular complexity index is 774. The molecule has 1 heterocycles. The van der Waals surface area contributed by atoms with Crippen LogP contribution in [0, 0.1) is 5.92 Å². The van der Waals surface area contributed by atoms with Gasteiger partial charge >= 0.3 is 5.97 Å². The van der Waals surface area contributed by atoms with E-state index in [1.54, 1.807) is 12.1 Å². The minimum Gasteiger partial charge on any atom is -0.496 e. The molecule has 0 amide bonds. The molecule has 0 spiro atoms. The van der Waals surface area contributed by atoms with Gasteiger partial charge in [0.25, 0.3) is 0 Å². The number of benzene rings is 1. The fraction of sp³-hybridized carbons (Fsp3) is 0.412. The maximum atomic E-state index is 11.9. The molecule has 2 aromatic rings. The van der Waals surface area contributed by atoms with Gasteiger partial charge in [-0.1, -0.05) is 19.3 Å². The van der Waals surface area contributed by atoms with Crippen molar-refractivity contribution in [2.75, 3.05) is 7.11 Å². The number of H-pyrrole nitrogens is 1. The maximum Gasteiger partial charge on any atom is 0.341 e. The van der Waals surface area contributed by atoms with Crippen LogP contribution in [0.2, 0.25) is 0 Å². The number of rotatable bonds is 5. The summed E-state index contributed by atoms with van der Waals surface area (Å²) in [4.78, 5) is 26.1. The number of fused-ring (bicyclic) bond motifs is 1. The Morgan fingerprint density at radius 1 is 1.41 bits per heavy atom. The van der Waals surface area contributed by atoms with E-state index in [1.165, 1.54) is 26.4 Å². The maximum absolute atomic E-state index is 11.9. The van der Waals surface area contributed by atoms with Gasteiger partial charge in [0.05, 0.1) is 12.6 Å². The SMILES string of the molecule is COc1ccc2c(CCC3CCC3)cc(=O)[nH]c2c1C(=O)O. The third-order valence-corrected chi connectivity index (χ3v) is 4.55. The molecule has 0 radical (unpaired) electrons. The lowest BCUT2D eigenvalue weighted by Gasteiger charge is -2.25. The normalized spacial score (nSPS) is 14.8. The zero-order chi connectivity index (χ0) is 15.7. The van der Waals surface area contributed by atoms with Gasteiger partial charge in [-0.3, -0.25) is 4.79 Å². The Morgan fingerprint density at radius 3 is 2.77 bits per heavy atom. The number of carboxylic acid groups (broad SMARTS) is 1. The predicted molar refractivity (Wildman–Crippen MR) is 83.7 cm³/mol. The summed E-state index contributed by atoms with van der Waals surface area (Å²) in [5.74, 6) is -0.104. The largest absolute Gasteiger partial charge is 0.496 e. The summed E-state index contributed by atoms with van der Waals surface area (Å²) in [7, 11) is 1.42. The van der Waals surface area contributed by atoms with E-state index in [2.05, 4.69) is 4.98 Å². The molecule has 1 saturated carbocycles. The van der Waals surface area contributed by atoms with Crippen molar-refractivity contribution in [3.8, 4) is 5.75 Å². The van der Waals surface area contributed by atoms with Crippen LogP contribution >= 0.6 is 0 Å². The Balaban J connectivity index is 2.10. The number of nitrogens with one attached hydrogen (secondary N) is 1. The monoisotopic (exact) mass is 301 g/mol. The molecular weight excluding hydrogens is 282 g/mol. The molecule has 0 bridgehead atoms. The summed E-state index contributed by atoms with van der Waals surface area (Å²) in [6.07, 6.45) is 5.66. The highest BCUT2D eigenvalue weighted by Crippen LogP contribution is 2.32. The van der Waals surface area contributed by atoms with Crippen molar-refractivity contribution in [2.45, 2.75) is 32.1 Å². The lowest BCUT2D eigenvalue weighted by molar-refractivity contribution is 0.0695. The summed E-state index contributed by atoms with van der Waals surface area (Å²) >= 11 is 0. The zero-order valence-electron chi connectivity index (χ0n) is 12.5. The van der Waals surface area contributed by atoms with E-state index < -0.39 is 5.97 Å². The quantitative estimate of drug-likeness (QED) is 0.890. The summed E-state index contributed by atoms with van der Waals surface area (Å²) in [5, 5.41) is 10.2. The second-order valence-corrected chi connectivity index (χ2v) is 5.86. The highest BCUT2D eigenvalue weighted by atomic mass is 16.5. The molecule has 0 unspecified atom stereocenters. The van der Waals surface area contributed by atoms with Crippen molar-refractivity contribution in [2.24, 2.45) is 5.92 Å². The van der Waals surface area contributed by atoms with Crippen LogP contribution in [0.15, 0.2) is 23.0 Å². The number of hydrogen-bond acceptors (Lipinski definition) is 3. The van der Waals surface area contributed by atoms with Gasteiger partial charge in [-0.25, -0.2) is 4.79 Å². The van der Waals surface area contributed by atoms with E-state index in [-0.39, 0.29) is 16.9 Å². The highest BCUT2D eigenvalue weighted by Gasteiger charge is 2.20. The minimum atomic E-state index is -1.10. The molecule has 1 aromatic heterocycles. The van der Waals surface area contributed by atoms with Gasteiger partial charge < -0.3 is 14.8 Å². The lowest BCUT2D eigenvalue weighted by Crippen LogP contribution is -2.14. The third kappa shape index (κ3) is 2.58. The molecule has 1 aromatic carbocycles. The van der Waals surface area contributed by atoms with E-state index in [1.807, 2.05) is 6.07 Å². The molecular formula is C17H19NO4. The fourth-order valence-electron chi connectivity index (χ4n) is 3.11. The number of methoxy groups -OCH3 is 1. The number of aromatic carboxylic acids is 1. The van der Waals surface area contributed by atoms with E-state index >= 15 is 0 Å². The van der Waals surface area contributed by atoms with Gasteiger partial charge in [0.2, 0.25) is 5.56 Å². The van der Waals surface area contributed by atoms with Gasteiger partial charge in [-0.2, -0.15) is 0 Å². The molecule has 1 aliphatic carbocycles. The number of aromatic amines is 1. The lowest BCUT2D eigenvalue weighted by atomic mass is 9.81. The highest BCUT2D eigenvalue weighted by molar-refractivity contribution is 6.05. The predicted octanol–water partition coefficient (Wildman–Crippen LogP) is 2.97. The van der Waals surface area contributed by atoms with Crippen molar-refractivity contribution in [1.82, 2.24) is 4.98 Å². The number of carbonyl (C=O) groups is 1. The third-order valence-electron chi connectivity index (χ3n) is 4.55. The molecule has 0 atom stereocenters. The number of aromatic nitrogens is 1. The summed E-state index contributed by atoms with van der Waals surface area (Å²) in [5.41, 5.74) is 1.01. The molecule has 1 aliphatic rings. The first-order chi connectivity index (χ1) is 10.6. The first-order valence-corrected chi connectivity index (χ1v) is 7.56. The van der Waals surface area contributed by atoms with Crippen LogP contribution in [-0.2, 0) is 6.42 Å². The molecule has 22 heavy (non-hydrogen) atoms. The van der Waals surface area contributed by atoms with Gasteiger partial charge in [-0.15, -0.1) is 0 Å². The van der Waals surface area contributed by atoms with Crippen molar-refractivity contribution in [3.05, 3.63) is 39.7 Å². The van der Waals surface area contributed by atoms with Crippen LogP contribution in [0.1, 0.15) is 41.6 Å². The van der Waals surface area contributed by atoms with E-state index in [0.717, 1.165) is 29.7 Å². The van der Waals surface area contributed by atoms with Crippen molar-refractivity contribution in [3.63, 3.8) is 0 Å². The van der Waals surface area contributed by atoms with Gasteiger partial charge in [0.1, 0.15) is 11.3 Å². The molecule has 5 nitrogen and oxygen atoms in total. The van der Waals surface area contributed by atoms with Crippen LogP contribution in [0.5, 0.6) is 5.75 Å². The Labute approximate surface area is 127 Å². The van der Waals surface area contributed by atoms with Gasteiger partial charge in [-0.05, 0) is 36.5 Å². The Morgan fingerprint density at radius 2 is 2.18 bits per heavy atom. The van der Waals surface area contributed by atoms with Crippen LogP contribution in [0.4, 0.5) is 0 Å². The van der Waals surface area contributed by atoms with Crippen molar-refractivity contribution in [1.29, 1.82) is 0 Å². The van der Waals surface area contributed by atoms with Gasteiger partial charge in [0.15, 0.2) is 0 Å². The van der Waals surface area contributed by atoms with Crippen LogP contribution in [0.25, 0.3) is 10.9 Å². The van der Waals surface area contributed by atoms with E-state index in [4.69, 9.17) is 4.74 Å². The molecule has 0 saturated heterocycles. The van der Waals surface area contributed by atoms with E-state index in [0.29, 0.717) is 5.52 Å². The topological polar surface area (TPSA) is 79.4 Å². The zero-order valence-corrected chi connectivity index (χ0v) is 12.5. The standard InChI is InChI=1S/C17H19NO4/c1-22-13-8-7-12-11(6-5-10-3-2-4-10)9-14(19)18-16(12)15(13)17(20)21/h7-10H,2-6H2,1H3,(H,18,19)(H,20,21). The average molecular weight is 301 g/mol. The Kier molecular flexibility index (Phi) is 3.88. The molecule has 3 rings (SSSR count). The molecule has 2 N–H and O–H groups in total. The first-order valence-electron chi connectivity index (χ1n) is 7.56. The summed E-state index contributed by atoms with van der Waals surface area (Å²) in [6.45, 7) is 0. The van der Waals surface area contributed by atoms with Gasteiger partial charge in [0, 0.05) is 11.5 Å². The number of pyridine rings is 1.